The summed E-state index contributed by atoms with van der Waals surface area (Å²) in [5.41, 5.74) is 0. The van der Waals surface area contributed by atoms with Crippen LogP contribution in [0.15, 0.2) is 0 Å². The van der Waals surface area contributed by atoms with Crippen LogP contribution in [0.25, 0.3) is 0 Å². The second-order valence-corrected chi connectivity index (χ2v) is 11.9. The lowest BCUT2D eigenvalue weighted by molar-refractivity contribution is -0.127. The molecule has 1 heterocycles. The van der Waals surface area contributed by atoms with E-state index in [0.717, 1.165) is 57.9 Å². The maximum absolute atomic E-state index is 12.9. The van der Waals surface area contributed by atoms with Gasteiger partial charge in [0.1, 0.15) is 0 Å². The predicted molar refractivity (Wildman–Crippen MR) is 111 cm³/mol. The zero-order chi connectivity index (χ0) is 19.4. The fourth-order valence-electron chi connectivity index (χ4n) is 4.68. The molecule has 1 amide bonds. The van der Waals surface area contributed by atoms with Crippen molar-refractivity contribution in [3.63, 3.8) is 0 Å². The van der Waals surface area contributed by atoms with Crippen LogP contribution in [0.2, 0.25) is 0 Å². The van der Waals surface area contributed by atoms with Crippen LogP contribution >= 0.6 is 15.9 Å². The Morgan fingerprint density at radius 2 is 1.78 bits per heavy atom. The molecule has 3 rings (SSSR count). The van der Waals surface area contributed by atoms with Gasteiger partial charge in [-0.2, -0.15) is 0 Å². The van der Waals surface area contributed by atoms with E-state index in [4.69, 9.17) is 0 Å². The molecule has 1 aliphatic heterocycles. The van der Waals surface area contributed by atoms with E-state index in [1.54, 1.807) is 0 Å². The van der Waals surface area contributed by atoms with E-state index in [2.05, 4.69) is 38.2 Å². The molecule has 4 unspecified atom stereocenters. The van der Waals surface area contributed by atoms with Crippen LogP contribution in [0, 0.1) is 11.8 Å². The molecule has 1 saturated heterocycles. The molecule has 2 saturated carbocycles. The van der Waals surface area contributed by atoms with E-state index in [-0.39, 0.29) is 24.0 Å². The van der Waals surface area contributed by atoms with Crippen LogP contribution in [0.5, 0.6) is 0 Å². The number of piperidine rings is 1. The van der Waals surface area contributed by atoms with Crippen LogP contribution in [0.3, 0.4) is 0 Å². The standard InChI is InChI=1S/C19H34BrN3O3S/c1-13-4-3-11-21-18(13)22-19(24)14-5-2-6-17(12-14)27(25,26)23-16-9-7-15(20)8-10-16/h13-18,21,23H,2-12H2,1H3,(H,22,24). The topological polar surface area (TPSA) is 87.3 Å². The van der Waals surface area contributed by atoms with Gasteiger partial charge in [-0.05, 0) is 70.3 Å². The van der Waals surface area contributed by atoms with Crippen molar-refractivity contribution in [2.45, 2.75) is 93.4 Å². The fourth-order valence-corrected chi connectivity index (χ4v) is 7.06. The number of carbonyl (C=O) groups excluding carboxylic acids is 1. The lowest BCUT2D eigenvalue weighted by Gasteiger charge is -2.34. The maximum atomic E-state index is 12.9. The summed E-state index contributed by atoms with van der Waals surface area (Å²) in [6.45, 7) is 3.08. The van der Waals surface area contributed by atoms with Gasteiger partial charge in [0, 0.05) is 16.8 Å². The first kappa shape index (κ1) is 21.5. The molecule has 0 bridgehead atoms. The molecule has 27 heavy (non-hydrogen) atoms. The number of amides is 1. The highest BCUT2D eigenvalue weighted by Gasteiger charge is 2.37. The molecule has 0 aromatic heterocycles. The van der Waals surface area contributed by atoms with Crippen molar-refractivity contribution in [2.24, 2.45) is 11.8 Å². The second kappa shape index (κ2) is 9.55. The molecule has 3 aliphatic rings. The number of hydrogen-bond donors (Lipinski definition) is 3. The molecular formula is C19H34BrN3O3S. The zero-order valence-corrected chi connectivity index (χ0v) is 18.7. The SMILES string of the molecule is CC1CCCNC1NC(=O)C1CCCC(S(=O)(=O)NC2CCC(Br)CC2)C1. The first-order valence-corrected chi connectivity index (χ1v) is 13.0. The van der Waals surface area contributed by atoms with Crippen molar-refractivity contribution in [1.29, 1.82) is 0 Å². The van der Waals surface area contributed by atoms with Crippen LogP contribution in [-0.2, 0) is 14.8 Å². The first-order valence-electron chi connectivity index (χ1n) is 10.5. The summed E-state index contributed by atoms with van der Waals surface area (Å²) in [6, 6.07) is 0.0466. The van der Waals surface area contributed by atoms with Crippen LogP contribution in [-0.4, -0.2) is 43.2 Å². The summed E-state index contributed by atoms with van der Waals surface area (Å²) in [5.74, 6) is 0.229. The number of sulfonamides is 1. The van der Waals surface area contributed by atoms with Crippen molar-refractivity contribution in [1.82, 2.24) is 15.4 Å². The van der Waals surface area contributed by atoms with Gasteiger partial charge in [-0.3, -0.25) is 10.1 Å². The largest absolute Gasteiger partial charge is 0.340 e. The Bertz CT molecular complexity index is 607. The Morgan fingerprint density at radius 3 is 2.48 bits per heavy atom. The van der Waals surface area contributed by atoms with E-state index in [1.807, 2.05) is 0 Å². The summed E-state index contributed by atoms with van der Waals surface area (Å²) in [4.78, 5) is 13.2. The summed E-state index contributed by atoms with van der Waals surface area (Å²) >= 11 is 3.61. The summed E-state index contributed by atoms with van der Waals surface area (Å²) in [6.07, 6.45) is 8.74. The van der Waals surface area contributed by atoms with Gasteiger partial charge in [-0.25, -0.2) is 13.1 Å². The van der Waals surface area contributed by atoms with Crippen molar-refractivity contribution in [3.05, 3.63) is 0 Å². The van der Waals surface area contributed by atoms with Crippen molar-refractivity contribution in [2.75, 3.05) is 6.54 Å². The third-order valence-electron chi connectivity index (χ3n) is 6.49. The van der Waals surface area contributed by atoms with Gasteiger partial charge in [0.15, 0.2) is 0 Å². The van der Waals surface area contributed by atoms with Gasteiger partial charge >= 0.3 is 0 Å². The van der Waals surface area contributed by atoms with E-state index in [9.17, 15) is 13.2 Å². The smallest absolute Gasteiger partial charge is 0.224 e. The van der Waals surface area contributed by atoms with E-state index < -0.39 is 15.3 Å². The minimum Gasteiger partial charge on any atom is -0.340 e. The lowest BCUT2D eigenvalue weighted by atomic mass is 9.87. The maximum Gasteiger partial charge on any atom is 0.224 e. The van der Waals surface area contributed by atoms with Gasteiger partial charge < -0.3 is 5.32 Å². The molecule has 4 atom stereocenters. The minimum atomic E-state index is -3.37. The molecule has 8 heteroatoms. The van der Waals surface area contributed by atoms with Crippen molar-refractivity contribution >= 4 is 31.9 Å². The Kier molecular flexibility index (Phi) is 7.61. The third kappa shape index (κ3) is 5.90. The Balaban J connectivity index is 1.53. The Labute approximate surface area is 172 Å². The Hall–Kier alpha value is -0.180. The first-order chi connectivity index (χ1) is 12.8. The van der Waals surface area contributed by atoms with Crippen molar-refractivity contribution < 1.29 is 13.2 Å². The average molecular weight is 464 g/mol. The quantitative estimate of drug-likeness (QED) is 0.546. The molecular weight excluding hydrogens is 430 g/mol. The molecule has 3 fully saturated rings. The number of alkyl halides is 1. The third-order valence-corrected chi connectivity index (χ3v) is 9.37. The highest BCUT2D eigenvalue weighted by Crippen LogP contribution is 2.31. The van der Waals surface area contributed by atoms with Gasteiger partial charge in [0.2, 0.25) is 15.9 Å². The van der Waals surface area contributed by atoms with E-state index in [0.29, 0.717) is 23.6 Å². The molecule has 156 valence electrons. The molecule has 0 aromatic carbocycles. The second-order valence-electron chi connectivity index (χ2n) is 8.66. The highest BCUT2D eigenvalue weighted by molar-refractivity contribution is 9.09. The van der Waals surface area contributed by atoms with Gasteiger partial charge in [0.25, 0.3) is 0 Å². The van der Waals surface area contributed by atoms with Gasteiger partial charge in [0.05, 0.1) is 11.4 Å². The molecule has 2 aliphatic carbocycles. The number of nitrogens with one attached hydrogen (secondary N) is 3. The van der Waals surface area contributed by atoms with Crippen LogP contribution in [0.1, 0.15) is 71.1 Å². The average Bonchev–Trinajstić information content (AvgIpc) is 2.65. The predicted octanol–water partition coefficient (Wildman–Crippen LogP) is 2.63. The van der Waals surface area contributed by atoms with E-state index >= 15 is 0 Å². The zero-order valence-electron chi connectivity index (χ0n) is 16.3. The highest BCUT2D eigenvalue weighted by atomic mass is 79.9. The summed E-state index contributed by atoms with van der Waals surface area (Å²) < 4.78 is 28.7. The molecule has 0 radical (unpaired) electrons. The number of hydrogen-bond acceptors (Lipinski definition) is 4. The van der Waals surface area contributed by atoms with Gasteiger partial charge in [-0.1, -0.05) is 29.3 Å². The fraction of sp³-hybridized carbons (Fsp3) is 0.947. The summed E-state index contributed by atoms with van der Waals surface area (Å²) in [5, 5.41) is 6.05. The molecule has 6 nitrogen and oxygen atoms in total. The number of halogens is 1. The molecule has 0 aromatic rings. The number of carbonyl (C=O) groups is 1. The molecule has 3 N–H and O–H groups in total. The van der Waals surface area contributed by atoms with Crippen LogP contribution < -0.4 is 15.4 Å². The Morgan fingerprint density at radius 1 is 1.04 bits per heavy atom. The lowest BCUT2D eigenvalue weighted by Crippen LogP contribution is -2.54. The monoisotopic (exact) mass is 463 g/mol. The van der Waals surface area contributed by atoms with Crippen LogP contribution in [0.4, 0.5) is 0 Å². The number of rotatable bonds is 5. The van der Waals surface area contributed by atoms with E-state index in [1.165, 1.54) is 0 Å². The molecule has 0 spiro atoms. The van der Waals surface area contributed by atoms with Crippen molar-refractivity contribution in [3.8, 4) is 0 Å². The summed E-state index contributed by atoms with van der Waals surface area (Å²) in [7, 11) is -3.37. The minimum absolute atomic E-state index is 0.0146. The normalized spacial score (nSPS) is 38.3. The van der Waals surface area contributed by atoms with Gasteiger partial charge in [-0.15, -0.1) is 0 Å².